The molecule has 0 saturated carbocycles. The molecule has 112 valence electrons. The molecule has 0 saturated heterocycles. The van der Waals surface area contributed by atoms with Crippen molar-refractivity contribution < 1.29 is 17.9 Å². The minimum Gasteiger partial charge on any atom is -0.406 e. The highest BCUT2D eigenvalue weighted by Gasteiger charge is 2.30. The molecule has 0 aliphatic heterocycles. The van der Waals surface area contributed by atoms with Gasteiger partial charge in [-0.15, -0.1) is 24.9 Å². The SMILES string of the molecule is Cc1cc(SCc2ccc(OC(F)(F)F)cc2)ccc1N. The maximum Gasteiger partial charge on any atom is 0.573 e. The van der Waals surface area contributed by atoms with Gasteiger partial charge in [-0.05, 0) is 48.4 Å². The molecule has 2 rings (SSSR count). The zero-order valence-corrected chi connectivity index (χ0v) is 12.1. The molecule has 0 atom stereocenters. The molecule has 0 aliphatic rings. The summed E-state index contributed by atoms with van der Waals surface area (Å²) in [5.41, 5.74) is 8.42. The maximum absolute atomic E-state index is 12.0. The van der Waals surface area contributed by atoms with Crippen LogP contribution < -0.4 is 10.5 Å². The predicted molar refractivity (Wildman–Crippen MR) is 78.3 cm³/mol. The molecule has 2 nitrogen and oxygen atoms in total. The molecule has 0 amide bonds. The lowest BCUT2D eigenvalue weighted by Crippen LogP contribution is -2.16. The van der Waals surface area contributed by atoms with Crippen molar-refractivity contribution in [2.75, 3.05) is 5.73 Å². The van der Waals surface area contributed by atoms with E-state index in [1.807, 2.05) is 25.1 Å². The third-order valence-electron chi connectivity index (χ3n) is 2.80. The van der Waals surface area contributed by atoms with Crippen LogP contribution in [0.25, 0.3) is 0 Å². The van der Waals surface area contributed by atoms with Crippen molar-refractivity contribution in [2.24, 2.45) is 0 Å². The van der Waals surface area contributed by atoms with Crippen LogP contribution in [0.2, 0.25) is 0 Å². The van der Waals surface area contributed by atoms with Gasteiger partial charge < -0.3 is 10.5 Å². The fraction of sp³-hybridized carbons (Fsp3) is 0.200. The van der Waals surface area contributed by atoms with Gasteiger partial charge in [0.1, 0.15) is 5.75 Å². The average molecular weight is 313 g/mol. The fourth-order valence-electron chi connectivity index (χ4n) is 1.69. The number of hydrogen-bond acceptors (Lipinski definition) is 3. The van der Waals surface area contributed by atoms with E-state index < -0.39 is 6.36 Å². The van der Waals surface area contributed by atoms with Crippen LogP contribution in [-0.4, -0.2) is 6.36 Å². The van der Waals surface area contributed by atoms with Gasteiger partial charge in [-0.1, -0.05) is 12.1 Å². The molecule has 2 N–H and O–H groups in total. The molecule has 0 fully saturated rings. The number of rotatable bonds is 4. The zero-order valence-electron chi connectivity index (χ0n) is 11.3. The molecular weight excluding hydrogens is 299 g/mol. The van der Waals surface area contributed by atoms with Crippen LogP contribution in [0.5, 0.6) is 5.75 Å². The summed E-state index contributed by atoms with van der Waals surface area (Å²) in [6.45, 7) is 1.93. The third kappa shape index (κ3) is 4.90. The Labute approximate surface area is 125 Å². The second-order valence-corrected chi connectivity index (χ2v) is 5.55. The second-order valence-electron chi connectivity index (χ2n) is 4.50. The number of alkyl halides is 3. The van der Waals surface area contributed by atoms with Crippen LogP contribution in [0.3, 0.4) is 0 Å². The zero-order chi connectivity index (χ0) is 15.5. The largest absolute Gasteiger partial charge is 0.573 e. The molecule has 0 radical (unpaired) electrons. The second kappa shape index (κ2) is 6.30. The molecule has 0 unspecified atom stereocenters. The molecule has 0 aromatic heterocycles. The van der Waals surface area contributed by atoms with Gasteiger partial charge in [-0.3, -0.25) is 0 Å². The number of nitrogen functional groups attached to an aromatic ring is 1. The Kier molecular flexibility index (Phi) is 4.67. The highest BCUT2D eigenvalue weighted by molar-refractivity contribution is 7.98. The minimum atomic E-state index is -4.65. The first-order valence-electron chi connectivity index (χ1n) is 6.17. The number of aryl methyl sites for hydroxylation is 1. The van der Waals surface area contributed by atoms with Gasteiger partial charge in [0.2, 0.25) is 0 Å². The van der Waals surface area contributed by atoms with E-state index in [1.54, 1.807) is 23.9 Å². The smallest absolute Gasteiger partial charge is 0.406 e. The molecule has 0 bridgehead atoms. The highest BCUT2D eigenvalue weighted by Crippen LogP contribution is 2.27. The molecule has 2 aromatic rings. The van der Waals surface area contributed by atoms with Crippen LogP contribution in [0.1, 0.15) is 11.1 Å². The number of nitrogens with two attached hydrogens (primary N) is 1. The number of ether oxygens (including phenoxy) is 1. The van der Waals surface area contributed by atoms with Crippen molar-refractivity contribution in [2.45, 2.75) is 23.9 Å². The molecule has 0 spiro atoms. The van der Waals surface area contributed by atoms with Crippen molar-refractivity contribution in [3.8, 4) is 5.75 Å². The predicted octanol–water partition coefficient (Wildman–Crippen LogP) is 4.77. The Hall–Kier alpha value is -1.82. The topological polar surface area (TPSA) is 35.2 Å². The molecule has 0 aliphatic carbocycles. The van der Waals surface area contributed by atoms with Crippen molar-refractivity contribution in [1.29, 1.82) is 0 Å². The minimum absolute atomic E-state index is 0.209. The van der Waals surface area contributed by atoms with Crippen LogP contribution in [0.4, 0.5) is 18.9 Å². The molecular formula is C15H14F3NOS. The Morgan fingerprint density at radius 3 is 2.33 bits per heavy atom. The quantitative estimate of drug-likeness (QED) is 0.652. The summed E-state index contributed by atoms with van der Waals surface area (Å²) in [5.74, 6) is 0.454. The lowest BCUT2D eigenvalue weighted by atomic mass is 10.2. The van der Waals surface area contributed by atoms with E-state index in [0.717, 1.165) is 21.7 Å². The number of halogens is 3. The van der Waals surface area contributed by atoms with Gasteiger partial charge in [-0.2, -0.15) is 0 Å². The van der Waals surface area contributed by atoms with Crippen LogP contribution in [-0.2, 0) is 5.75 Å². The first-order chi connectivity index (χ1) is 9.83. The summed E-state index contributed by atoms with van der Waals surface area (Å²) in [4.78, 5) is 1.07. The summed E-state index contributed by atoms with van der Waals surface area (Å²) in [6.07, 6.45) is -4.65. The van der Waals surface area contributed by atoms with Crippen LogP contribution in [0.15, 0.2) is 47.4 Å². The number of thioether (sulfide) groups is 1. The lowest BCUT2D eigenvalue weighted by molar-refractivity contribution is -0.274. The highest BCUT2D eigenvalue weighted by atomic mass is 32.2. The molecule has 2 aromatic carbocycles. The summed E-state index contributed by atoms with van der Waals surface area (Å²) < 4.78 is 40.0. The monoisotopic (exact) mass is 313 g/mol. The summed E-state index contributed by atoms with van der Waals surface area (Å²) in [7, 11) is 0. The van der Waals surface area contributed by atoms with Crippen molar-refractivity contribution in [1.82, 2.24) is 0 Å². The van der Waals surface area contributed by atoms with Gasteiger partial charge in [0, 0.05) is 16.3 Å². The molecule has 6 heteroatoms. The van der Waals surface area contributed by atoms with Gasteiger partial charge in [0.25, 0.3) is 0 Å². The normalized spacial score (nSPS) is 11.4. The van der Waals surface area contributed by atoms with Gasteiger partial charge >= 0.3 is 6.36 Å². The van der Waals surface area contributed by atoms with Gasteiger partial charge in [-0.25, -0.2) is 0 Å². The first-order valence-corrected chi connectivity index (χ1v) is 7.16. The van der Waals surface area contributed by atoms with E-state index in [-0.39, 0.29) is 5.75 Å². The fourth-order valence-corrected chi connectivity index (χ4v) is 2.64. The Morgan fingerprint density at radius 1 is 1.10 bits per heavy atom. The van der Waals surface area contributed by atoms with Crippen molar-refractivity contribution >= 4 is 17.4 Å². The molecule has 0 heterocycles. The summed E-state index contributed by atoms with van der Waals surface area (Å²) in [6, 6.07) is 11.6. The number of anilines is 1. The maximum atomic E-state index is 12.0. The third-order valence-corrected chi connectivity index (χ3v) is 3.87. The number of benzene rings is 2. The Bertz CT molecular complexity index is 611. The van der Waals surface area contributed by atoms with E-state index in [1.165, 1.54) is 12.1 Å². The van der Waals surface area contributed by atoms with Crippen molar-refractivity contribution in [3.05, 3.63) is 53.6 Å². The van der Waals surface area contributed by atoms with E-state index in [2.05, 4.69) is 4.74 Å². The molecule has 21 heavy (non-hydrogen) atoms. The summed E-state index contributed by atoms with van der Waals surface area (Å²) >= 11 is 1.60. The van der Waals surface area contributed by atoms with E-state index in [0.29, 0.717) is 5.75 Å². The summed E-state index contributed by atoms with van der Waals surface area (Å²) in [5, 5.41) is 0. The van der Waals surface area contributed by atoms with E-state index in [9.17, 15) is 13.2 Å². The standard InChI is InChI=1S/C15H14F3NOS/c1-10-8-13(6-7-14(10)19)21-9-11-2-4-12(5-3-11)20-15(16,17)18/h2-8H,9,19H2,1H3. The Balaban J connectivity index is 1.96. The average Bonchev–Trinajstić information content (AvgIpc) is 2.40. The van der Waals surface area contributed by atoms with Gasteiger partial charge in [0.15, 0.2) is 0 Å². The number of hydrogen-bond donors (Lipinski definition) is 1. The lowest BCUT2D eigenvalue weighted by Gasteiger charge is -2.09. The van der Waals surface area contributed by atoms with Crippen LogP contribution in [0, 0.1) is 6.92 Å². The van der Waals surface area contributed by atoms with Gasteiger partial charge in [0.05, 0.1) is 0 Å². The van der Waals surface area contributed by atoms with Crippen molar-refractivity contribution in [3.63, 3.8) is 0 Å². The Morgan fingerprint density at radius 2 is 1.76 bits per heavy atom. The van der Waals surface area contributed by atoms with E-state index in [4.69, 9.17) is 5.73 Å². The first kappa shape index (κ1) is 15.6. The van der Waals surface area contributed by atoms with Crippen LogP contribution >= 0.6 is 11.8 Å². The van der Waals surface area contributed by atoms with E-state index >= 15 is 0 Å².